The Bertz CT molecular complexity index is 9.51. The van der Waals surface area contributed by atoms with Crippen LogP contribution in [0.4, 0.5) is 0 Å². The van der Waals surface area contributed by atoms with E-state index in [-0.39, 0.29) is 35.8 Å². The Labute approximate surface area is 62.6 Å². The smallest absolute Gasteiger partial charge is 0.332 e. The van der Waals surface area contributed by atoms with Gasteiger partial charge in [-0.25, -0.2) is 0 Å². The molecule has 34 valence electrons. The molecule has 0 rings (SSSR count). The molecule has 0 saturated heterocycles. The fourth-order valence-electron chi connectivity index (χ4n) is 0. The zero-order valence-corrected chi connectivity index (χ0v) is 6.41. The van der Waals surface area contributed by atoms with Crippen LogP contribution in [0, 0.1) is 6.42 Å². The van der Waals surface area contributed by atoms with Crippen LogP contribution in [0.3, 0.4) is 0 Å². The molecule has 0 nitrogen and oxygen atoms in total. The maximum absolute atomic E-state index is 2.12. The van der Waals surface area contributed by atoms with Gasteiger partial charge < -0.3 is 6.42 Å². The van der Waals surface area contributed by atoms with Gasteiger partial charge in [0.15, 0.2) is 0 Å². The molecule has 0 aromatic heterocycles. The van der Waals surface area contributed by atoms with E-state index in [0.29, 0.717) is 0 Å². The van der Waals surface area contributed by atoms with Crippen LogP contribution >= 0.6 is 17.0 Å². The summed E-state index contributed by atoms with van der Waals surface area (Å²) in [5.41, 5.74) is 0. The molecular weight excluding hydrogens is 135 g/mol. The van der Waals surface area contributed by atoms with Gasteiger partial charge in [-0.05, 0) is 0 Å². The number of hydrogen-bond donors (Lipinski definition) is 0. The van der Waals surface area contributed by atoms with Crippen molar-refractivity contribution >= 4 is 17.0 Å². The van der Waals surface area contributed by atoms with Crippen molar-refractivity contribution in [2.75, 3.05) is 0 Å². The predicted octanol–water partition coefficient (Wildman–Crippen LogP) is -0.798. The number of hydrogen-bond acceptors (Lipinski definition) is 0. The van der Waals surface area contributed by atoms with Crippen molar-refractivity contribution < 1.29 is 18.9 Å². The van der Waals surface area contributed by atoms with Crippen molar-refractivity contribution in [3.63, 3.8) is 0 Å². The molecule has 0 aliphatic heterocycles. The number of unbranched alkanes of at least 4 members (excludes halogenated alkanes) is 1. The Morgan fingerprint density at radius 3 is 1.67 bits per heavy atom. The van der Waals surface area contributed by atoms with E-state index >= 15 is 0 Å². The minimum atomic E-state index is 0. The zero-order chi connectivity index (χ0) is 3.41. The van der Waals surface area contributed by atoms with Crippen molar-refractivity contribution in [1.29, 1.82) is 0 Å². The van der Waals surface area contributed by atoms with Crippen molar-refractivity contribution in [3.8, 4) is 0 Å². The molecule has 0 bridgehead atoms. The Kier molecular flexibility index (Phi) is 43.4. The minimum absolute atomic E-state index is 0. The van der Waals surface area contributed by atoms with Crippen LogP contribution in [0.5, 0.6) is 0 Å². The summed E-state index contributed by atoms with van der Waals surface area (Å²) in [6, 6.07) is 0. The van der Waals surface area contributed by atoms with Crippen LogP contribution in [0.25, 0.3) is 0 Å². The summed E-state index contributed by atoms with van der Waals surface area (Å²) in [6.07, 6.45) is 3.32. The fourth-order valence-corrected chi connectivity index (χ4v) is 0. The first-order chi connectivity index (χ1) is 1.91. The van der Waals surface area contributed by atoms with Gasteiger partial charge in [0, 0.05) is 0 Å². The summed E-state index contributed by atoms with van der Waals surface area (Å²) in [5, 5.41) is 0. The molecule has 0 aromatic rings. The van der Waals surface area contributed by atoms with Gasteiger partial charge in [0.1, 0.15) is 0 Å². The molecular formula is C4H10BrLi. The van der Waals surface area contributed by atoms with E-state index in [9.17, 15) is 0 Å². The molecule has 6 heavy (non-hydrogen) atoms. The molecule has 0 atom stereocenters. The summed E-state index contributed by atoms with van der Waals surface area (Å²) in [4.78, 5) is 0. The molecule has 0 N–H and O–H groups in total. The van der Waals surface area contributed by atoms with Gasteiger partial charge in [-0.15, -0.1) is 17.0 Å². The van der Waals surface area contributed by atoms with Gasteiger partial charge in [0.2, 0.25) is 0 Å². The SMILES string of the molecule is Br.C[CH-]CC.[Li+]. The molecule has 0 fully saturated rings. The maximum Gasteiger partial charge on any atom is 1.00 e. The van der Waals surface area contributed by atoms with E-state index in [1.165, 1.54) is 6.42 Å². The second-order valence-corrected chi connectivity index (χ2v) is 0.816. The van der Waals surface area contributed by atoms with E-state index in [4.69, 9.17) is 0 Å². The number of halogens is 1. The Morgan fingerprint density at radius 2 is 1.67 bits per heavy atom. The van der Waals surface area contributed by atoms with Crippen molar-refractivity contribution in [3.05, 3.63) is 6.42 Å². The average Bonchev–Trinajstić information content (AvgIpc) is 1.37. The predicted molar refractivity (Wildman–Crippen MR) is 30.6 cm³/mol. The quantitative estimate of drug-likeness (QED) is 0.334. The summed E-state index contributed by atoms with van der Waals surface area (Å²) < 4.78 is 0. The van der Waals surface area contributed by atoms with E-state index in [2.05, 4.69) is 20.3 Å². The maximum atomic E-state index is 2.12. The molecule has 0 radical (unpaired) electrons. The first kappa shape index (κ1) is 15.7. The minimum Gasteiger partial charge on any atom is -0.332 e. The van der Waals surface area contributed by atoms with Gasteiger partial charge >= 0.3 is 18.9 Å². The second-order valence-electron chi connectivity index (χ2n) is 0.816. The van der Waals surface area contributed by atoms with E-state index in [1.807, 2.05) is 0 Å². The van der Waals surface area contributed by atoms with Crippen molar-refractivity contribution in [2.45, 2.75) is 20.3 Å². The summed E-state index contributed by atoms with van der Waals surface area (Å²) in [5.74, 6) is 0. The fraction of sp³-hybridized carbons (Fsp3) is 0.750. The van der Waals surface area contributed by atoms with Crippen molar-refractivity contribution in [2.24, 2.45) is 0 Å². The van der Waals surface area contributed by atoms with Gasteiger partial charge in [0.05, 0.1) is 0 Å². The zero-order valence-electron chi connectivity index (χ0n) is 4.69. The third-order valence-corrected chi connectivity index (χ3v) is 0.408. The third-order valence-electron chi connectivity index (χ3n) is 0.408. The number of rotatable bonds is 1. The Hall–Kier alpha value is 1.08. The molecule has 0 unspecified atom stereocenters. The molecule has 2 heteroatoms. The molecule has 0 aliphatic rings. The Morgan fingerprint density at radius 1 is 1.50 bits per heavy atom. The van der Waals surface area contributed by atoms with Crippen LogP contribution in [-0.4, -0.2) is 0 Å². The van der Waals surface area contributed by atoms with Gasteiger partial charge in [0.25, 0.3) is 0 Å². The van der Waals surface area contributed by atoms with Gasteiger partial charge in [-0.3, -0.25) is 0 Å². The molecule has 0 saturated carbocycles. The molecule has 0 heterocycles. The first-order valence-electron chi connectivity index (χ1n) is 1.69. The summed E-state index contributed by atoms with van der Waals surface area (Å²) in [6.45, 7) is 4.18. The van der Waals surface area contributed by atoms with Crippen LogP contribution < -0.4 is 18.9 Å². The first-order valence-corrected chi connectivity index (χ1v) is 1.69. The molecule has 0 amide bonds. The topological polar surface area (TPSA) is 0 Å². The second kappa shape index (κ2) is 16.5. The van der Waals surface area contributed by atoms with Crippen LogP contribution in [0.15, 0.2) is 0 Å². The monoisotopic (exact) mass is 144 g/mol. The standard InChI is InChI=1S/C4H9.BrH.Li/c1-3-4-2;;/h3H,4H2,1-2H3;1H;/q-1;;+1. The van der Waals surface area contributed by atoms with E-state index < -0.39 is 0 Å². The summed E-state index contributed by atoms with van der Waals surface area (Å²) in [7, 11) is 0. The Balaban J connectivity index is -0.0000000450. The van der Waals surface area contributed by atoms with Crippen molar-refractivity contribution in [1.82, 2.24) is 0 Å². The molecule has 0 aliphatic carbocycles. The molecule has 0 aromatic carbocycles. The third kappa shape index (κ3) is 19.6. The van der Waals surface area contributed by atoms with E-state index in [1.54, 1.807) is 0 Å². The van der Waals surface area contributed by atoms with Gasteiger partial charge in [-0.1, -0.05) is 6.92 Å². The largest absolute Gasteiger partial charge is 1.00 e. The normalized spacial score (nSPS) is 5.00. The van der Waals surface area contributed by atoms with Gasteiger partial charge in [-0.2, -0.15) is 13.3 Å². The van der Waals surface area contributed by atoms with Crippen LogP contribution in [0.2, 0.25) is 0 Å². The average molecular weight is 145 g/mol. The summed E-state index contributed by atoms with van der Waals surface area (Å²) >= 11 is 0. The van der Waals surface area contributed by atoms with Crippen LogP contribution in [0.1, 0.15) is 20.3 Å². The molecule has 0 spiro atoms. The van der Waals surface area contributed by atoms with E-state index in [0.717, 1.165) is 0 Å². The van der Waals surface area contributed by atoms with Crippen LogP contribution in [-0.2, 0) is 0 Å².